The van der Waals surface area contributed by atoms with Gasteiger partial charge in [0.05, 0.1) is 12.0 Å². The lowest BCUT2D eigenvalue weighted by Crippen LogP contribution is -2.24. The van der Waals surface area contributed by atoms with Crippen LogP contribution < -0.4 is 9.46 Å². The molecule has 0 saturated heterocycles. The molecule has 1 aromatic carbocycles. The highest BCUT2D eigenvalue weighted by Crippen LogP contribution is 2.16. The summed E-state index contributed by atoms with van der Waals surface area (Å²) < 4.78 is 31.3. The Kier molecular flexibility index (Phi) is 6.11. The van der Waals surface area contributed by atoms with Gasteiger partial charge in [0, 0.05) is 19.2 Å². The molecule has 0 atom stereocenters. The van der Waals surface area contributed by atoms with Crippen molar-refractivity contribution >= 4 is 10.0 Å². The summed E-state index contributed by atoms with van der Waals surface area (Å²) >= 11 is 0. The largest absolute Gasteiger partial charge is 0.497 e. The summed E-state index contributed by atoms with van der Waals surface area (Å²) in [5.41, 5.74) is 0. The zero-order valence-corrected chi connectivity index (χ0v) is 11.2. The minimum absolute atomic E-state index is 0.142. The first kappa shape index (κ1) is 14.9. The Balaban J connectivity index is 2.57. The molecule has 0 bridgehead atoms. The topological polar surface area (TPSA) is 75.6 Å². The van der Waals surface area contributed by atoms with Gasteiger partial charge in [-0.1, -0.05) is 6.07 Å². The zero-order chi connectivity index (χ0) is 13.4. The maximum Gasteiger partial charge on any atom is 0.240 e. The van der Waals surface area contributed by atoms with Gasteiger partial charge in [0.2, 0.25) is 10.0 Å². The van der Waals surface area contributed by atoms with Crippen molar-refractivity contribution < 1.29 is 18.3 Å². The molecule has 0 radical (unpaired) electrons. The van der Waals surface area contributed by atoms with Gasteiger partial charge < -0.3 is 9.84 Å². The average molecular weight is 273 g/mol. The molecule has 102 valence electrons. The van der Waals surface area contributed by atoms with Crippen molar-refractivity contribution in [2.24, 2.45) is 0 Å². The number of nitrogens with one attached hydrogen (secondary N) is 1. The van der Waals surface area contributed by atoms with Crippen LogP contribution in [0.25, 0.3) is 0 Å². The number of hydrogen-bond donors (Lipinski definition) is 2. The molecule has 0 aliphatic heterocycles. The van der Waals surface area contributed by atoms with Crippen molar-refractivity contribution in [2.75, 3.05) is 20.3 Å². The summed E-state index contributed by atoms with van der Waals surface area (Å²) in [6, 6.07) is 6.34. The fraction of sp³-hybridized carbons (Fsp3) is 0.500. The predicted molar refractivity (Wildman–Crippen MR) is 69.1 cm³/mol. The van der Waals surface area contributed by atoms with E-state index in [9.17, 15) is 8.42 Å². The summed E-state index contributed by atoms with van der Waals surface area (Å²) in [6.07, 6.45) is 2.21. The van der Waals surface area contributed by atoms with Crippen molar-refractivity contribution in [3.8, 4) is 5.75 Å². The van der Waals surface area contributed by atoms with Crippen LogP contribution in [0.4, 0.5) is 0 Å². The Morgan fingerprint density at radius 3 is 2.72 bits per heavy atom. The van der Waals surface area contributed by atoms with E-state index in [-0.39, 0.29) is 11.5 Å². The van der Waals surface area contributed by atoms with Gasteiger partial charge in [-0.25, -0.2) is 13.1 Å². The third kappa shape index (κ3) is 4.64. The van der Waals surface area contributed by atoms with Crippen molar-refractivity contribution in [1.29, 1.82) is 0 Å². The maximum atomic E-state index is 11.9. The molecule has 18 heavy (non-hydrogen) atoms. The van der Waals surface area contributed by atoms with Crippen LogP contribution in [0.5, 0.6) is 5.75 Å². The van der Waals surface area contributed by atoms with Gasteiger partial charge in [-0.3, -0.25) is 0 Å². The molecule has 1 aromatic rings. The molecule has 0 aliphatic carbocycles. The molecule has 0 aliphatic rings. The minimum Gasteiger partial charge on any atom is -0.497 e. The van der Waals surface area contributed by atoms with Crippen molar-refractivity contribution in [3.05, 3.63) is 24.3 Å². The molecule has 6 heteroatoms. The number of unbranched alkanes of at least 4 members (excludes halogenated alkanes) is 2. The second-order valence-electron chi connectivity index (χ2n) is 3.86. The summed E-state index contributed by atoms with van der Waals surface area (Å²) in [7, 11) is -1.98. The van der Waals surface area contributed by atoms with E-state index >= 15 is 0 Å². The van der Waals surface area contributed by atoms with E-state index in [2.05, 4.69) is 4.72 Å². The average Bonchev–Trinajstić information content (AvgIpc) is 2.38. The summed E-state index contributed by atoms with van der Waals surface area (Å²) in [5.74, 6) is 0.512. The van der Waals surface area contributed by atoms with Crippen LogP contribution >= 0.6 is 0 Å². The number of aliphatic hydroxyl groups excluding tert-OH is 1. The molecule has 0 amide bonds. The highest BCUT2D eigenvalue weighted by atomic mass is 32.2. The van der Waals surface area contributed by atoms with E-state index < -0.39 is 10.0 Å². The van der Waals surface area contributed by atoms with E-state index in [0.29, 0.717) is 25.1 Å². The van der Waals surface area contributed by atoms with E-state index in [1.165, 1.54) is 19.2 Å². The standard InChI is InChI=1S/C12H19NO4S/c1-17-11-6-5-7-12(10-11)18(15,16)13-8-3-2-4-9-14/h5-7,10,13-14H,2-4,8-9H2,1H3. The van der Waals surface area contributed by atoms with Crippen LogP contribution in [-0.4, -0.2) is 33.8 Å². The molecule has 5 nitrogen and oxygen atoms in total. The predicted octanol–water partition coefficient (Wildman–Crippen LogP) is 1.14. The second kappa shape index (κ2) is 7.35. The van der Waals surface area contributed by atoms with Crippen LogP contribution in [0.2, 0.25) is 0 Å². The van der Waals surface area contributed by atoms with Crippen LogP contribution in [0, 0.1) is 0 Å². The minimum atomic E-state index is -3.47. The van der Waals surface area contributed by atoms with Gasteiger partial charge in [0.15, 0.2) is 0 Å². The van der Waals surface area contributed by atoms with E-state index in [0.717, 1.165) is 6.42 Å². The molecule has 0 saturated carbocycles. The molecule has 0 fully saturated rings. The first-order valence-corrected chi connectivity index (χ1v) is 7.33. The molecule has 1 rings (SSSR count). The van der Waals surface area contributed by atoms with Gasteiger partial charge in [-0.15, -0.1) is 0 Å². The fourth-order valence-electron chi connectivity index (χ4n) is 1.47. The van der Waals surface area contributed by atoms with E-state index in [1.807, 2.05) is 0 Å². The Morgan fingerprint density at radius 2 is 2.06 bits per heavy atom. The Bertz CT molecular complexity index is 459. The smallest absolute Gasteiger partial charge is 0.240 e. The number of ether oxygens (including phenoxy) is 1. The number of hydrogen-bond acceptors (Lipinski definition) is 4. The Morgan fingerprint density at radius 1 is 1.28 bits per heavy atom. The van der Waals surface area contributed by atoms with Crippen LogP contribution in [0.1, 0.15) is 19.3 Å². The van der Waals surface area contributed by atoms with Gasteiger partial charge >= 0.3 is 0 Å². The van der Waals surface area contributed by atoms with Crippen LogP contribution in [-0.2, 0) is 10.0 Å². The van der Waals surface area contributed by atoms with Crippen molar-refractivity contribution in [1.82, 2.24) is 4.72 Å². The summed E-state index contributed by atoms with van der Waals surface area (Å²) in [6.45, 7) is 0.516. The highest BCUT2D eigenvalue weighted by Gasteiger charge is 2.13. The molecular weight excluding hydrogens is 254 g/mol. The number of methoxy groups -OCH3 is 1. The van der Waals surface area contributed by atoms with Crippen molar-refractivity contribution in [2.45, 2.75) is 24.2 Å². The normalized spacial score (nSPS) is 11.4. The van der Waals surface area contributed by atoms with Crippen LogP contribution in [0.3, 0.4) is 0 Å². The lowest BCUT2D eigenvalue weighted by molar-refractivity contribution is 0.283. The molecule has 0 heterocycles. The maximum absolute atomic E-state index is 11.9. The number of benzene rings is 1. The third-order valence-electron chi connectivity index (χ3n) is 2.48. The quantitative estimate of drug-likeness (QED) is 0.696. The lowest BCUT2D eigenvalue weighted by atomic mass is 10.2. The number of rotatable bonds is 8. The molecule has 0 unspecified atom stereocenters. The third-order valence-corrected chi connectivity index (χ3v) is 3.94. The SMILES string of the molecule is COc1cccc(S(=O)(=O)NCCCCCO)c1. The van der Waals surface area contributed by atoms with Crippen molar-refractivity contribution in [3.63, 3.8) is 0 Å². The summed E-state index contributed by atoms with van der Waals surface area (Å²) in [4.78, 5) is 0.198. The van der Waals surface area contributed by atoms with E-state index in [4.69, 9.17) is 9.84 Å². The van der Waals surface area contributed by atoms with Gasteiger partial charge in [-0.05, 0) is 31.4 Å². The van der Waals surface area contributed by atoms with Gasteiger partial charge in [-0.2, -0.15) is 0 Å². The van der Waals surface area contributed by atoms with Gasteiger partial charge in [0.25, 0.3) is 0 Å². The Hall–Kier alpha value is -1.11. The molecule has 0 aromatic heterocycles. The highest BCUT2D eigenvalue weighted by molar-refractivity contribution is 7.89. The first-order chi connectivity index (χ1) is 8.60. The number of aliphatic hydroxyl groups is 1. The number of sulfonamides is 1. The monoisotopic (exact) mass is 273 g/mol. The summed E-state index contributed by atoms with van der Waals surface area (Å²) in [5, 5.41) is 8.61. The lowest BCUT2D eigenvalue weighted by Gasteiger charge is -2.07. The fourth-order valence-corrected chi connectivity index (χ4v) is 2.58. The second-order valence-corrected chi connectivity index (χ2v) is 5.63. The van der Waals surface area contributed by atoms with Crippen LogP contribution in [0.15, 0.2) is 29.2 Å². The molecular formula is C12H19NO4S. The van der Waals surface area contributed by atoms with Gasteiger partial charge in [0.1, 0.15) is 5.75 Å². The van der Waals surface area contributed by atoms with E-state index in [1.54, 1.807) is 12.1 Å². The first-order valence-electron chi connectivity index (χ1n) is 5.85. The Labute approximate surface area is 108 Å². The molecule has 2 N–H and O–H groups in total. The molecule has 0 spiro atoms. The zero-order valence-electron chi connectivity index (χ0n) is 10.4.